The zero-order valence-corrected chi connectivity index (χ0v) is 15.0. The van der Waals surface area contributed by atoms with Crippen molar-refractivity contribution in [2.24, 2.45) is 0 Å². The molecule has 142 valence electrons. The predicted octanol–water partition coefficient (Wildman–Crippen LogP) is -0.154. The van der Waals surface area contributed by atoms with E-state index >= 15 is 0 Å². The molecule has 0 aromatic carbocycles. The fraction of sp³-hybridized carbons (Fsp3) is 0.375. The molecule has 4 atom stereocenters. The van der Waals surface area contributed by atoms with Crippen molar-refractivity contribution in [3.05, 3.63) is 25.3 Å². The molecule has 0 radical (unpaired) electrons. The number of nitrogen functional groups attached to an aromatic ring is 1. The molecule has 0 spiro atoms. The molecule has 1 saturated heterocycles. The van der Waals surface area contributed by atoms with E-state index in [2.05, 4.69) is 26.5 Å². The third kappa shape index (κ3) is 2.75. The van der Waals surface area contributed by atoms with Crippen molar-refractivity contribution in [3.8, 4) is 0 Å². The molecule has 4 rings (SSSR count). The number of nitrogens with two attached hydrogens (primary N) is 1. The monoisotopic (exact) mass is 390 g/mol. The van der Waals surface area contributed by atoms with Crippen LogP contribution in [0.3, 0.4) is 0 Å². The molecule has 0 bridgehead atoms. The molecule has 1 fully saturated rings. The molecule has 4 unspecified atom stereocenters. The van der Waals surface area contributed by atoms with Gasteiger partial charge in [-0.05, 0) is 0 Å². The quantitative estimate of drug-likeness (QED) is 0.263. The number of nitrogens with zero attached hydrogens (tertiary/aromatic N) is 5. The Hall–Kier alpha value is -2.31. The summed E-state index contributed by atoms with van der Waals surface area (Å²) >= 11 is 1.45. The maximum absolute atomic E-state index is 10.5. The maximum Gasteiger partial charge on any atom is 0.166 e. The van der Waals surface area contributed by atoms with Crippen molar-refractivity contribution < 1.29 is 20.1 Å². The molecular formula is C16H18N6O4S. The lowest BCUT2D eigenvalue weighted by atomic mass is 10.1. The van der Waals surface area contributed by atoms with Crippen LogP contribution in [0.15, 0.2) is 30.3 Å². The number of anilines is 1. The fourth-order valence-corrected chi connectivity index (χ4v) is 3.99. The number of hydrogen-bond donors (Lipinski definition) is 4. The van der Waals surface area contributed by atoms with Crippen molar-refractivity contribution in [1.82, 2.24) is 24.5 Å². The van der Waals surface area contributed by atoms with E-state index in [1.807, 2.05) is 0 Å². The molecule has 3 aromatic rings. The summed E-state index contributed by atoms with van der Waals surface area (Å²) in [6, 6.07) is 0. The van der Waals surface area contributed by atoms with Gasteiger partial charge in [0.05, 0.1) is 17.4 Å². The highest BCUT2D eigenvalue weighted by molar-refractivity contribution is 7.99. The van der Waals surface area contributed by atoms with Gasteiger partial charge in [0.2, 0.25) is 0 Å². The highest BCUT2D eigenvalue weighted by Gasteiger charge is 2.45. The van der Waals surface area contributed by atoms with Crippen LogP contribution in [-0.2, 0) is 4.74 Å². The Morgan fingerprint density at radius 2 is 1.85 bits per heavy atom. The SMILES string of the molecule is C=CCSc1ncnc2c1c1c(N)ncnc1n2C1OC(CO)C(O)C1O. The lowest BCUT2D eigenvalue weighted by molar-refractivity contribution is -0.0492. The number of thioether (sulfide) groups is 1. The number of hydrogen-bond acceptors (Lipinski definition) is 10. The number of aromatic nitrogens is 5. The number of fused-ring (bicyclic) bond motifs is 3. The van der Waals surface area contributed by atoms with E-state index in [9.17, 15) is 15.3 Å². The van der Waals surface area contributed by atoms with Gasteiger partial charge in [-0.25, -0.2) is 19.9 Å². The largest absolute Gasteiger partial charge is 0.394 e. The average Bonchev–Trinajstić information content (AvgIpc) is 3.16. The predicted molar refractivity (Wildman–Crippen MR) is 99.0 cm³/mol. The first-order valence-corrected chi connectivity index (χ1v) is 9.18. The molecule has 10 nitrogen and oxygen atoms in total. The first-order valence-electron chi connectivity index (χ1n) is 8.19. The third-order valence-corrected chi connectivity index (χ3v) is 5.45. The number of aliphatic hydroxyl groups excluding tert-OH is 3. The van der Waals surface area contributed by atoms with Crippen LogP contribution in [0, 0.1) is 0 Å². The van der Waals surface area contributed by atoms with Gasteiger partial charge >= 0.3 is 0 Å². The Morgan fingerprint density at radius 3 is 2.52 bits per heavy atom. The first kappa shape index (κ1) is 18.1. The fourth-order valence-electron chi connectivity index (χ4n) is 3.26. The van der Waals surface area contributed by atoms with Crippen LogP contribution in [0.2, 0.25) is 0 Å². The maximum atomic E-state index is 10.5. The minimum absolute atomic E-state index is 0.241. The molecule has 0 amide bonds. The first-order chi connectivity index (χ1) is 13.1. The van der Waals surface area contributed by atoms with E-state index in [0.29, 0.717) is 32.8 Å². The Labute approximate surface area is 157 Å². The van der Waals surface area contributed by atoms with E-state index in [-0.39, 0.29) is 5.82 Å². The number of rotatable bonds is 5. The van der Waals surface area contributed by atoms with Gasteiger partial charge in [-0.2, -0.15) is 0 Å². The second-order valence-corrected chi connectivity index (χ2v) is 7.04. The smallest absolute Gasteiger partial charge is 0.166 e. The van der Waals surface area contributed by atoms with Crippen molar-refractivity contribution >= 4 is 39.6 Å². The van der Waals surface area contributed by atoms with Crippen molar-refractivity contribution in [2.75, 3.05) is 18.1 Å². The molecule has 1 aliphatic heterocycles. The standard InChI is InChI=1S/C16H18N6O4S/c1-2-3-27-15-9-8-12(17)18-5-19-13(8)22(14(9)20-6-21-15)16-11(25)10(24)7(4-23)26-16/h2,5-7,10-11,16,23-25H,1,3-4H2,(H2,17,18,19). The average molecular weight is 390 g/mol. The minimum atomic E-state index is -1.28. The summed E-state index contributed by atoms with van der Waals surface area (Å²) in [6.07, 6.45) is 0.00187. The van der Waals surface area contributed by atoms with E-state index in [4.69, 9.17) is 10.5 Å². The molecule has 1 aliphatic rings. The summed E-state index contributed by atoms with van der Waals surface area (Å²) in [5, 5.41) is 31.9. The zero-order valence-electron chi connectivity index (χ0n) is 14.1. The van der Waals surface area contributed by atoms with Crippen LogP contribution in [0.4, 0.5) is 5.82 Å². The second kappa shape index (κ2) is 7.02. The molecule has 27 heavy (non-hydrogen) atoms. The highest BCUT2D eigenvalue weighted by Crippen LogP contribution is 2.40. The summed E-state index contributed by atoms with van der Waals surface area (Å²) in [4.78, 5) is 17.0. The minimum Gasteiger partial charge on any atom is -0.394 e. The van der Waals surface area contributed by atoms with E-state index in [1.54, 1.807) is 10.6 Å². The lowest BCUT2D eigenvalue weighted by Gasteiger charge is -2.18. The van der Waals surface area contributed by atoms with Crippen molar-refractivity contribution in [1.29, 1.82) is 0 Å². The third-order valence-electron chi connectivity index (χ3n) is 4.46. The topological polar surface area (TPSA) is 152 Å². The second-order valence-electron chi connectivity index (χ2n) is 6.03. The van der Waals surface area contributed by atoms with Gasteiger partial charge < -0.3 is 25.8 Å². The summed E-state index contributed by atoms with van der Waals surface area (Å²) in [5.74, 6) is 0.867. The van der Waals surface area contributed by atoms with Crippen LogP contribution in [0.5, 0.6) is 0 Å². The van der Waals surface area contributed by atoms with E-state index in [0.717, 1.165) is 0 Å². The summed E-state index contributed by atoms with van der Waals surface area (Å²) < 4.78 is 7.25. The van der Waals surface area contributed by atoms with Crippen molar-refractivity contribution in [3.63, 3.8) is 0 Å². The number of ether oxygens (including phenoxy) is 1. The summed E-state index contributed by atoms with van der Waals surface area (Å²) in [5.41, 5.74) is 6.94. The lowest BCUT2D eigenvalue weighted by Crippen LogP contribution is -2.33. The van der Waals surface area contributed by atoms with Crippen LogP contribution in [0.1, 0.15) is 6.23 Å². The number of aliphatic hydroxyl groups is 3. The Balaban J connectivity index is 2.00. The van der Waals surface area contributed by atoms with Gasteiger partial charge in [0.1, 0.15) is 53.1 Å². The highest BCUT2D eigenvalue weighted by atomic mass is 32.2. The van der Waals surface area contributed by atoms with Crippen LogP contribution in [-0.4, -0.2) is 70.5 Å². The van der Waals surface area contributed by atoms with Crippen molar-refractivity contribution in [2.45, 2.75) is 29.6 Å². The molecule has 0 saturated carbocycles. The van der Waals surface area contributed by atoms with E-state index in [1.165, 1.54) is 24.4 Å². The molecule has 5 N–H and O–H groups in total. The van der Waals surface area contributed by atoms with Crippen LogP contribution in [0.25, 0.3) is 22.1 Å². The molecule has 3 aromatic heterocycles. The van der Waals surface area contributed by atoms with Gasteiger partial charge in [-0.3, -0.25) is 4.57 Å². The normalized spacial score (nSPS) is 25.4. The zero-order chi connectivity index (χ0) is 19.1. The Morgan fingerprint density at radius 1 is 1.15 bits per heavy atom. The van der Waals surface area contributed by atoms with Gasteiger partial charge in [0.25, 0.3) is 0 Å². The van der Waals surface area contributed by atoms with Gasteiger partial charge in [0, 0.05) is 5.75 Å². The molecule has 11 heteroatoms. The Bertz CT molecular complexity index is 1010. The van der Waals surface area contributed by atoms with Gasteiger partial charge in [-0.15, -0.1) is 18.3 Å². The molecule has 4 heterocycles. The Kier molecular flexibility index (Phi) is 4.70. The molecular weight excluding hydrogens is 372 g/mol. The van der Waals surface area contributed by atoms with Gasteiger partial charge in [0.15, 0.2) is 6.23 Å². The summed E-state index contributed by atoms with van der Waals surface area (Å²) in [6.45, 7) is 3.28. The van der Waals surface area contributed by atoms with Crippen LogP contribution >= 0.6 is 11.8 Å². The van der Waals surface area contributed by atoms with E-state index < -0.39 is 31.1 Å². The summed E-state index contributed by atoms with van der Waals surface area (Å²) in [7, 11) is 0. The van der Waals surface area contributed by atoms with Crippen LogP contribution < -0.4 is 5.73 Å². The molecule has 0 aliphatic carbocycles. The van der Waals surface area contributed by atoms with Gasteiger partial charge in [-0.1, -0.05) is 6.08 Å².